The van der Waals surface area contributed by atoms with Gasteiger partial charge in [-0.25, -0.2) is 9.78 Å². The minimum Gasteiger partial charge on any atom is -0.497 e. The van der Waals surface area contributed by atoms with Crippen molar-refractivity contribution in [3.05, 3.63) is 40.8 Å². The van der Waals surface area contributed by atoms with Crippen LogP contribution in [-0.2, 0) is 0 Å². The lowest BCUT2D eigenvalue weighted by Crippen LogP contribution is -2.16. The number of hydrogen-bond donors (Lipinski definition) is 0. The van der Waals surface area contributed by atoms with Gasteiger partial charge in [-0.2, -0.15) is 0 Å². The summed E-state index contributed by atoms with van der Waals surface area (Å²) < 4.78 is 27.0. The molecule has 1 aliphatic heterocycles. The van der Waals surface area contributed by atoms with Crippen LogP contribution in [0.2, 0.25) is 0 Å². The van der Waals surface area contributed by atoms with Crippen molar-refractivity contribution in [3.8, 4) is 34.5 Å². The molecule has 7 heteroatoms. The first-order chi connectivity index (χ1) is 12.2. The molecule has 3 aromatic rings. The van der Waals surface area contributed by atoms with Gasteiger partial charge in [0.1, 0.15) is 24.7 Å². The van der Waals surface area contributed by atoms with Gasteiger partial charge < -0.3 is 23.4 Å². The number of methoxy groups -OCH3 is 2. The summed E-state index contributed by atoms with van der Waals surface area (Å²) in [6, 6.07) is 8.45. The maximum atomic E-state index is 12.4. The Labute approximate surface area is 142 Å². The minimum absolute atomic E-state index is 0.161. The molecule has 0 amide bonds. The van der Waals surface area contributed by atoms with Gasteiger partial charge in [0.15, 0.2) is 11.5 Å². The second-order valence-corrected chi connectivity index (χ2v) is 5.39. The van der Waals surface area contributed by atoms with Crippen molar-refractivity contribution in [3.63, 3.8) is 0 Å². The molecule has 0 atom stereocenters. The molecule has 0 aliphatic carbocycles. The number of aromatic nitrogens is 1. The molecule has 1 aromatic heterocycles. The molecule has 0 spiro atoms. The molecule has 1 aliphatic rings. The number of nitrogens with zero attached hydrogens (tertiary/aromatic N) is 1. The zero-order valence-corrected chi connectivity index (χ0v) is 13.7. The molecule has 0 unspecified atom stereocenters. The maximum absolute atomic E-state index is 12.4. The monoisotopic (exact) mass is 341 g/mol. The predicted molar refractivity (Wildman–Crippen MR) is 89.8 cm³/mol. The molecule has 2 heterocycles. The zero-order valence-electron chi connectivity index (χ0n) is 13.7. The SMILES string of the molecule is COc1ccc(-c2nc3cc4c(cc3c(=O)o2)OCCO4)c(OC)c1. The Bertz CT molecular complexity index is 1010. The van der Waals surface area contributed by atoms with E-state index in [2.05, 4.69) is 4.98 Å². The lowest BCUT2D eigenvalue weighted by Gasteiger charge is -2.18. The van der Waals surface area contributed by atoms with E-state index in [1.165, 1.54) is 7.11 Å². The number of benzene rings is 2. The van der Waals surface area contributed by atoms with Crippen LogP contribution in [0.5, 0.6) is 23.0 Å². The highest BCUT2D eigenvalue weighted by atomic mass is 16.6. The molecule has 0 saturated carbocycles. The highest BCUT2D eigenvalue weighted by molar-refractivity contribution is 5.83. The van der Waals surface area contributed by atoms with E-state index in [0.29, 0.717) is 52.7 Å². The van der Waals surface area contributed by atoms with E-state index < -0.39 is 5.63 Å². The van der Waals surface area contributed by atoms with Crippen molar-refractivity contribution in [2.45, 2.75) is 0 Å². The molecular weight excluding hydrogens is 326 g/mol. The fraction of sp³-hybridized carbons (Fsp3) is 0.222. The Balaban J connectivity index is 1.90. The molecule has 4 rings (SSSR count). The number of fused-ring (bicyclic) bond motifs is 2. The first kappa shape index (κ1) is 15.3. The van der Waals surface area contributed by atoms with Crippen LogP contribution in [0.15, 0.2) is 39.5 Å². The average molecular weight is 341 g/mol. The van der Waals surface area contributed by atoms with Gasteiger partial charge in [0.05, 0.1) is 30.7 Å². The summed E-state index contributed by atoms with van der Waals surface area (Å²) in [5.74, 6) is 2.36. The fourth-order valence-corrected chi connectivity index (χ4v) is 2.70. The van der Waals surface area contributed by atoms with E-state index in [4.69, 9.17) is 23.4 Å². The van der Waals surface area contributed by atoms with Crippen LogP contribution < -0.4 is 24.6 Å². The number of ether oxygens (including phenoxy) is 4. The molecular formula is C18H15NO6. The highest BCUT2D eigenvalue weighted by Crippen LogP contribution is 2.35. The van der Waals surface area contributed by atoms with E-state index >= 15 is 0 Å². The van der Waals surface area contributed by atoms with Gasteiger partial charge in [-0.1, -0.05) is 0 Å². The standard InChI is InChI=1S/C18H15NO6/c1-21-10-3-4-11(14(7-10)22-2)17-19-13-9-16-15(23-5-6-24-16)8-12(13)18(20)25-17/h3-4,7-9H,5-6H2,1-2H3. The van der Waals surface area contributed by atoms with E-state index in [9.17, 15) is 4.79 Å². The van der Waals surface area contributed by atoms with Gasteiger partial charge >= 0.3 is 5.63 Å². The number of rotatable bonds is 3. The Kier molecular flexibility index (Phi) is 3.68. The Hall–Kier alpha value is -3.22. The smallest absolute Gasteiger partial charge is 0.347 e. The molecule has 128 valence electrons. The van der Waals surface area contributed by atoms with Gasteiger partial charge in [0, 0.05) is 18.2 Å². The van der Waals surface area contributed by atoms with Gasteiger partial charge in [-0.05, 0) is 12.1 Å². The van der Waals surface area contributed by atoms with Crippen molar-refractivity contribution >= 4 is 10.9 Å². The largest absolute Gasteiger partial charge is 0.497 e. The zero-order chi connectivity index (χ0) is 17.4. The normalized spacial score (nSPS) is 12.9. The number of hydrogen-bond acceptors (Lipinski definition) is 7. The molecule has 0 bridgehead atoms. The van der Waals surface area contributed by atoms with Gasteiger partial charge in [0.25, 0.3) is 0 Å². The third-order valence-corrected chi connectivity index (χ3v) is 3.93. The molecule has 7 nitrogen and oxygen atoms in total. The summed E-state index contributed by atoms with van der Waals surface area (Å²) in [5.41, 5.74) is 0.514. The topological polar surface area (TPSA) is 80.0 Å². The van der Waals surface area contributed by atoms with Gasteiger partial charge in [-0.3, -0.25) is 0 Å². The van der Waals surface area contributed by atoms with Crippen LogP contribution in [0.3, 0.4) is 0 Å². The summed E-state index contributed by atoms with van der Waals surface area (Å²) >= 11 is 0. The Morgan fingerprint density at radius 2 is 1.76 bits per heavy atom. The highest BCUT2D eigenvalue weighted by Gasteiger charge is 2.18. The van der Waals surface area contributed by atoms with E-state index in [1.54, 1.807) is 37.4 Å². The van der Waals surface area contributed by atoms with Crippen LogP contribution in [-0.4, -0.2) is 32.4 Å². The van der Waals surface area contributed by atoms with Crippen molar-refractivity contribution in [2.24, 2.45) is 0 Å². The van der Waals surface area contributed by atoms with Crippen LogP contribution in [0.1, 0.15) is 0 Å². The third-order valence-electron chi connectivity index (χ3n) is 3.93. The molecule has 0 saturated heterocycles. The van der Waals surface area contributed by atoms with E-state index in [1.807, 2.05) is 0 Å². The lowest BCUT2D eigenvalue weighted by molar-refractivity contribution is 0.172. The summed E-state index contributed by atoms with van der Waals surface area (Å²) in [6.45, 7) is 0.900. The summed E-state index contributed by atoms with van der Waals surface area (Å²) in [7, 11) is 3.09. The second-order valence-electron chi connectivity index (χ2n) is 5.39. The fourth-order valence-electron chi connectivity index (χ4n) is 2.70. The summed E-state index contributed by atoms with van der Waals surface area (Å²) in [5, 5.41) is 0.334. The Morgan fingerprint density at radius 3 is 2.48 bits per heavy atom. The van der Waals surface area contributed by atoms with Crippen LogP contribution in [0.25, 0.3) is 22.4 Å². The van der Waals surface area contributed by atoms with Gasteiger partial charge in [-0.15, -0.1) is 0 Å². The predicted octanol–water partition coefficient (Wildman–Crippen LogP) is 2.64. The first-order valence-electron chi connectivity index (χ1n) is 7.66. The molecule has 25 heavy (non-hydrogen) atoms. The van der Waals surface area contributed by atoms with Crippen LogP contribution in [0, 0.1) is 0 Å². The molecule has 0 radical (unpaired) electrons. The van der Waals surface area contributed by atoms with Crippen molar-refractivity contribution < 1.29 is 23.4 Å². The second kappa shape index (κ2) is 6.01. The van der Waals surface area contributed by atoms with Crippen LogP contribution >= 0.6 is 0 Å². The summed E-state index contributed by atoms with van der Waals surface area (Å²) in [4.78, 5) is 16.9. The average Bonchev–Trinajstić information content (AvgIpc) is 2.66. The van der Waals surface area contributed by atoms with Crippen molar-refractivity contribution in [1.29, 1.82) is 0 Å². The minimum atomic E-state index is -0.505. The molecule has 2 aromatic carbocycles. The third kappa shape index (κ3) is 2.63. The van der Waals surface area contributed by atoms with Crippen molar-refractivity contribution in [2.75, 3.05) is 27.4 Å². The van der Waals surface area contributed by atoms with Gasteiger partial charge in [0.2, 0.25) is 5.89 Å². The van der Waals surface area contributed by atoms with E-state index in [0.717, 1.165) is 0 Å². The van der Waals surface area contributed by atoms with Crippen LogP contribution in [0.4, 0.5) is 0 Å². The Morgan fingerprint density at radius 1 is 1.00 bits per heavy atom. The molecule has 0 fully saturated rings. The summed E-state index contributed by atoms with van der Waals surface area (Å²) in [6.07, 6.45) is 0. The van der Waals surface area contributed by atoms with E-state index in [-0.39, 0.29) is 5.89 Å². The first-order valence-corrected chi connectivity index (χ1v) is 7.66. The lowest BCUT2D eigenvalue weighted by atomic mass is 10.1. The van der Waals surface area contributed by atoms with Crippen molar-refractivity contribution in [1.82, 2.24) is 4.98 Å². The quantitative estimate of drug-likeness (QED) is 0.724. The molecule has 0 N–H and O–H groups in total. The maximum Gasteiger partial charge on any atom is 0.347 e.